The Bertz CT molecular complexity index is 4150. The second kappa shape index (κ2) is 37.0. The predicted octanol–water partition coefficient (Wildman–Crippen LogP) is -4.97. The van der Waals surface area contributed by atoms with E-state index >= 15 is 4.79 Å². The molecule has 1 fully saturated rings. The van der Waals surface area contributed by atoms with Crippen molar-refractivity contribution in [2.45, 2.75) is 132 Å². The first kappa shape index (κ1) is 80.2. The fourth-order valence-corrected chi connectivity index (χ4v) is 10.6. The molecule has 39 heteroatoms. The number of carboxylic acid groups (broad SMARTS) is 4. The van der Waals surface area contributed by atoms with E-state index in [0.29, 0.717) is 21.8 Å². The third-order valence-corrected chi connectivity index (χ3v) is 15.9. The molecule has 0 aliphatic carbocycles. The van der Waals surface area contributed by atoms with Gasteiger partial charge in [0.25, 0.3) is 0 Å². The molecule has 0 unspecified atom stereocenters. The third kappa shape index (κ3) is 22.6. The molecular weight excluding hydrogens is 1380 g/mol. The van der Waals surface area contributed by atoms with Crippen LogP contribution in [-0.4, -0.2) is 220 Å². The molecule has 1 saturated heterocycles. The van der Waals surface area contributed by atoms with Crippen LogP contribution in [0.4, 0.5) is 0 Å². The van der Waals surface area contributed by atoms with E-state index in [1.807, 2.05) is 21.3 Å². The van der Waals surface area contributed by atoms with Gasteiger partial charge in [-0.25, -0.2) is 4.79 Å². The van der Waals surface area contributed by atoms with Gasteiger partial charge < -0.3 is 115 Å². The number of nitrogens with two attached hydrogens (primary N) is 1. The number of rotatable bonds is 21. The Balaban J connectivity index is 1.56. The van der Waals surface area contributed by atoms with E-state index in [9.17, 15) is 112 Å². The third-order valence-electron chi connectivity index (χ3n) is 15.9. The summed E-state index contributed by atoms with van der Waals surface area (Å²) >= 11 is 0. The number of aliphatic carboxylic acids is 4. The normalized spacial score (nSPS) is 22.5. The summed E-state index contributed by atoms with van der Waals surface area (Å²) in [4.78, 5) is 240. The number of amides is 12. The highest BCUT2D eigenvalue weighted by Crippen LogP contribution is 2.24. The number of ether oxygens (including phenoxy) is 1. The minimum atomic E-state index is -2.73. The molecule has 12 amide bonds. The van der Waals surface area contributed by atoms with Crippen LogP contribution in [-0.2, 0) is 92.7 Å². The van der Waals surface area contributed by atoms with Crippen molar-refractivity contribution in [2.75, 3.05) is 13.2 Å². The number of esters is 1. The number of aromatic hydroxyl groups is 1. The zero-order valence-corrected chi connectivity index (χ0v) is 55.5. The second-order valence-corrected chi connectivity index (χ2v) is 23.8. The van der Waals surface area contributed by atoms with Crippen LogP contribution >= 0.6 is 0 Å². The molecule has 12 atom stereocenters. The molecular formula is C65H76N14O25. The van der Waals surface area contributed by atoms with Crippen molar-refractivity contribution in [3.05, 3.63) is 108 Å². The van der Waals surface area contributed by atoms with Crippen LogP contribution in [0.15, 0.2) is 90.9 Å². The summed E-state index contributed by atoms with van der Waals surface area (Å²) in [6, 6.07) is -3.34. The van der Waals surface area contributed by atoms with E-state index in [2.05, 4.69) is 47.2 Å². The van der Waals surface area contributed by atoms with Crippen LogP contribution in [0, 0.1) is 5.92 Å². The van der Waals surface area contributed by atoms with Gasteiger partial charge in [-0.05, 0) is 60.7 Å². The second-order valence-electron chi connectivity index (χ2n) is 23.8. The number of cyclic esters (lactones) is 1. The van der Waals surface area contributed by atoms with E-state index in [1.54, 1.807) is 55.5 Å². The van der Waals surface area contributed by atoms with E-state index in [-0.39, 0.29) is 29.5 Å². The monoisotopic (exact) mass is 1450 g/mol. The number of hydrogen-bond acceptors (Lipinski definition) is 21. The Morgan fingerprint density at radius 1 is 0.625 bits per heavy atom. The largest absolute Gasteiger partial charge is 0.508 e. The van der Waals surface area contributed by atoms with Crippen molar-refractivity contribution in [1.82, 2.24) is 68.5 Å². The van der Waals surface area contributed by atoms with Crippen molar-refractivity contribution in [3.8, 4) is 5.75 Å². The quantitative estimate of drug-likeness (QED) is 0.0242. The van der Waals surface area contributed by atoms with Gasteiger partial charge >= 0.3 is 29.8 Å². The predicted molar refractivity (Wildman–Crippen MR) is 355 cm³/mol. The van der Waals surface area contributed by atoms with Gasteiger partial charge in [0, 0.05) is 52.6 Å². The minimum Gasteiger partial charge on any atom is -0.508 e. The number of para-hydroxylation sites is 2. The molecule has 0 spiro atoms. The van der Waals surface area contributed by atoms with E-state index in [0.717, 1.165) is 44.2 Å². The molecule has 0 bridgehead atoms. The smallest absolute Gasteiger partial charge is 0.355 e. The highest BCUT2D eigenvalue weighted by Gasteiger charge is 2.42. The number of phenolic OH excluding ortho intramolecular Hbond substituents is 1. The highest BCUT2D eigenvalue weighted by atomic mass is 16.5. The standard InChI is InChI=1S/C65H76N14O25/c1-4-9-44(82)70-43(27-80)60(98)78-51-29(3)104-65(103)42(20-32-25-68-37-13-8-6-11-35(32)37)75-61(99)50(28(2)18-46(84)85)77-64(102)53(54(92)55(66)93)76-45(83)26-69-56(94)39(21-47(86)87)74-63(101)52(30-14-16-33(81)17-15-30)79-59(97)41(23-49(90)91)72-58(96)40(22-48(88)89)71-57(95)38(73-62(51)100)19-31-24-67-36-12-7-5-10-34(31)36/h5-8,10-17,20,24-25,28-29,38-41,43,50-54,67-68,80-81,92H,4,9,18-19,21-23,26-27H2,1-3H3,(H2,66,93)(H,69,94)(H,70,82)(H,71,95)(H,72,96)(H,73,100)(H,74,101)(H,75,99)(H,76,83)(H,77,102)(H,78,98)(H,79,97)(H,84,85)(H,86,87)(H,88,89)(H,90,91)/b42-20+/t28-,29-,38-,39+,40+,41+,43+,50+,51-,52-,53-,54+/m1/s1. The minimum absolute atomic E-state index is 0.0969. The van der Waals surface area contributed by atoms with Crippen LogP contribution in [0.25, 0.3) is 27.9 Å². The zero-order valence-electron chi connectivity index (χ0n) is 55.5. The number of carbonyl (C=O) groups excluding carboxylic acids is 13. The first-order valence-electron chi connectivity index (χ1n) is 31.8. The van der Waals surface area contributed by atoms with Crippen molar-refractivity contribution < 1.29 is 122 Å². The molecule has 22 N–H and O–H groups in total. The lowest BCUT2D eigenvalue weighted by molar-refractivity contribution is -0.150. The molecule has 0 radical (unpaired) electrons. The lowest BCUT2D eigenvalue weighted by Gasteiger charge is -2.29. The van der Waals surface area contributed by atoms with E-state index in [4.69, 9.17) is 10.5 Å². The van der Waals surface area contributed by atoms with Gasteiger partial charge in [-0.3, -0.25) is 76.7 Å². The number of nitrogens with one attached hydrogen (secondary N) is 13. The number of aliphatic hydroxyl groups excluding tert-OH is 2. The maximum Gasteiger partial charge on any atom is 0.355 e. The molecule has 556 valence electrons. The Morgan fingerprint density at radius 3 is 1.74 bits per heavy atom. The number of primary amides is 1. The van der Waals surface area contributed by atoms with E-state index < -0.39 is 230 Å². The summed E-state index contributed by atoms with van der Waals surface area (Å²) in [5.74, 6) is -28.3. The number of H-pyrrole nitrogens is 2. The molecule has 1 aliphatic rings. The van der Waals surface area contributed by atoms with Crippen molar-refractivity contribution in [1.29, 1.82) is 0 Å². The maximum atomic E-state index is 15.2. The highest BCUT2D eigenvalue weighted by molar-refractivity contribution is 6.05. The van der Waals surface area contributed by atoms with Crippen molar-refractivity contribution >= 4 is 129 Å². The Hall–Kier alpha value is -12.8. The fraction of sp³-hybridized carbons (Fsp3) is 0.369. The summed E-state index contributed by atoms with van der Waals surface area (Å²) in [6.07, 6.45) is -6.68. The number of fused-ring (bicyclic) bond motifs is 2. The summed E-state index contributed by atoms with van der Waals surface area (Å²) < 4.78 is 5.82. The Kier molecular flexibility index (Phi) is 28.5. The Morgan fingerprint density at radius 2 is 1.16 bits per heavy atom. The van der Waals surface area contributed by atoms with Crippen molar-refractivity contribution in [2.24, 2.45) is 11.7 Å². The summed E-state index contributed by atoms with van der Waals surface area (Å²) in [5, 5.41) is 95.8. The van der Waals surface area contributed by atoms with Crippen LogP contribution in [0.3, 0.4) is 0 Å². The number of aromatic amines is 2. The van der Waals surface area contributed by atoms with Crippen LogP contribution in [0.2, 0.25) is 0 Å². The molecule has 1 aliphatic heterocycles. The first-order valence-corrected chi connectivity index (χ1v) is 31.8. The summed E-state index contributed by atoms with van der Waals surface area (Å²) in [7, 11) is 0. The van der Waals surface area contributed by atoms with Gasteiger partial charge in [0.15, 0.2) is 6.10 Å². The number of hydrogen-bond donors (Lipinski definition) is 21. The van der Waals surface area contributed by atoms with Gasteiger partial charge in [0.05, 0.1) is 38.8 Å². The average molecular weight is 1450 g/mol. The topological polar surface area (TPSA) is 631 Å². The lowest BCUT2D eigenvalue weighted by Crippen LogP contribution is -2.62. The molecule has 6 rings (SSSR count). The Labute approximate surface area is 587 Å². The molecule has 39 nitrogen and oxygen atoms in total. The number of carboxylic acids is 4. The molecule has 5 aromatic rings. The number of aliphatic hydroxyl groups is 2. The average Bonchev–Trinajstić information content (AvgIpc) is 1.49. The van der Waals surface area contributed by atoms with Gasteiger partial charge in [-0.2, -0.15) is 0 Å². The molecule has 3 heterocycles. The van der Waals surface area contributed by atoms with E-state index in [1.165, 1.54) is 12.4 Å². The molecule has 3 aromatic carbocycles. The van der Waals surface area contributed by atoms with Gasteiger partial charge in [-0.1, -0.05) is 62.4 Å². The molecule has 2 aromatic heterocycles. The summed E-state index contributed by atoms with van der Waals surface area (Å²) in [5.41, 5.74) is 5.35. The van der Waals surface area contributed by atoms with Gasteiger partial charge in [0.2, 0.25) is 70.9 Å². The maximum absolute atomic E-state index is 15.2. The van der Waals surface area contributed by atoms with Crippen LogP contribution < -0.4 is 64.2 Å². The SMILES string of the molecule is CCCC(=O)N[C@@H](CO)C(=O)N[C@H]1C(=O)N[C@H](Cc2c[nH]c3ccccc23)C(=O)N[C@@H](CC(=O)O)C(=O)N[C@@H](CC(=O)O)C(=O)N[C@H](c2ccc(O)cc2)C(=O)N[C@@H](CC(=O)O)C(=O)NCC(=O)N[C@H]([C@H](O)C(N)=O)C(=O)N[C@@H]([C@H](C)CC(=O)O)C(=O)N/C(=C/c2c[nH]c3ccccc23)C(=O)O[C@@H]1C. The first-order chi connectivity index (χ1) is 49.2. The zero-order chi connectivity index (χ0) is 76.8. The number of benzene rings is 3. The van der Waals surface area contributed by atoms with Gasteiger partial charge in [-0.15, -0.1) is 0 Å². The lowest BCUT2D eigenvalue weighted by atomic mass is 9.96. The van der Waals surface area contributed by atoms with Crippen molar-refractivity contribution in [3.63, 3.8) is 0 Å². The van der Waals surface area contributed by atoms with Crippen LogP contribution in [0.5, 0.6) is 5.75 Å². The molecule has 104 heavy (non-hydrogen) atoms. The molecule has 0 saturated carbocycles. The van der Waals surface area contributed by atoms with Crippen LogP contribution in [0.1, 0.15) is 82.0 Å². The summed E-state index contributed by atoms with van der Waals surface area (Å²) in [6.45, 7) is 1.24. The fourth-order valence-electron chi connectivity index (χ4n) is 10.6. The van der Waals surface area contributed by atoms with Gasteiger partial charge in [0.1, 0.15) is 71.9 Å². The number of aromatic nitrogens is 2. The number of carbonyl (C=O) groups is 17. The number of phenols is 1.